The van der Waals surface area contributed by atoms with Crippen molar-refractivity contribution < 1.29 is 14.7 Å². The van der Waals surface area contributed by atoms with Crippen molar-refractivity contribution in [3.63, 3.8) is 0 Å². The van der Waals surface area contributed by atoms with Crippen molar-refractivity contribution in [1.29, 1.82) is 0 Å². The van der Waals surface area contributed by atoms with E-state index in [0.717, 1.165) is 11.3 Å². The van der Waals surface area contributed by atoms with Crippen LogP contribution in [0.2, 0.25) is 0 Å². The van der Waals surface area contributed by atoms with Gasteiger partial charge in [-0.15, -0.1) is 23.7 Å². The predicted molar refractivity (Wildman–Crippen MR) is 55.0 cm³/mol. The number of rotatable bonds is 3. The summed E-state index contributed by atoms with van der Waals surface area (Å²) in [7, 11) is 1.26. The fraction of sp³-hybridized carbons (Fsp3) is 0.167. The summed E-state index contributed by atoms with van der Waals surface area (Å²) in [4.78, 5) is 18.7. The lowest BCUT2D eigenvalue weighted by Crippen LogP contribution is -2.15. The number of aliphatic carboxylic acids is 1. The average Bonchev–Trinajstić information content (AvgIpc) is 2.46. The first-order chi connectivity index (χ1) is 6.15. The minimum absolute atomic E-state index is 0. The summed E-state index contributed by atoms with van der Waals surface area (Å²) in [6, 6.07) is 0. The largest absolute Gasteiger partial charge is 0.476 e. The van der Waals surface area contributed by atoms with Crippen molar-refractivity contribution in [2.24, 2.45) is 5.16 Å². The Bertz CT molecular complexity index is 352. The van der Waals surface area contributed by atoms with Crippen molar-refractivity contribution >= 4 is 40.6 Å². The highest BCUT2D eigenvalue weighted by atomic mass is 35.5. The second-order valence-corrected chi connectivity index (χ2v) is 2.89. The molecule has 0 aliphatic rings. The number of anilines is 1. The van der Waals surface area contributed by atoms with E-state index < -0.39 is 5.97 Å². The SMILES string of the molecule is CON=C(C(=O)O)c1csc(N)n1.Cl. The van der Waals surface area contributed by atoms with E-state index in [-0.39, 0.29) is 23.8 Å². The highest BCUT2D eigenvalue weighted by Crippen LogP contribution is 2.12. The molecule has 1 aromatic heterocycles. The van der Waals surface area contributed by atoms with Gasteiger partial charge in [0.1, 0.15) is 12.8 Å². The number of nitrogen functional groups attached to an aromatic ring is 1. The van der Waals surface area contributed by atoms with E-state index in [1.54, 1.807) is 0 Å². The summed E-state index contributed by atoms with van der Waals surface area (Å²) in [5, 5.41) is 13.8. The van der Waals surface area contributed by atoms with Gasteiger partial charge in [-0.3, -0.25) is 0 Å². The maximum Gasteiger partial charge on any atom is 0.360 e. The predicted octanol–water partition coefficient (Wildman–Crippen LogP) is 0.582. The lowest BCUT2D eigenvalue weighted by Gasteiger charge is -1.94. The number of carboxylic acid groups (broad SMARTS) is 1. The molecule has 14 heavy (non-hydrogen) atoms. The third-order valence-corrected chi connectivity index (χ3v) is 1.82. The second kappa shape index (κ2) is 5.40. The molecule has 0 spiro atoms. The van der Waals surface area contributed by atoms with Gasteiger partial charge in [-0.05, 0) is 0 Å². The molecule has 1 rings (SSSR count). The zero-order valence-corrected chi connectivity index (χ0v) is 8.76. The number of carboxylic acids is 1. The molecule has 0 fully saturated rings. The molecule has 0 unspecified atom stereocenters. The molecule has 6 nitrogen and oxygen atoms in total. The molecule has 0 bridgehead atoms. The Morgan fingerprint density at radius 2 is 2.43 bits per heavy atom. The third kappa shape index (κ3) is 2.86. The van der Waals surface area contributed by atoms with Crippen molar-refractivity contribution in [2.75, 3.05) is 12.8 Å². The molecule has 3 N–H and O–H groups in total. The lowest BCUT2D eigenvalue weighted by atomic mass is 10.3. The van der Waals surface area contributed by atoms with Crippen molar-refractivity contribution in [1.82, 2.24) is 4.98 Å². The summed E-state index contributed by atoms with van der Waals surface area (Å²) in [5.41, 5.74) is 5.28. The highest BCUT2D eigenvalue weighted by molar-refractivity contribution is 7.13. The van der Waals surface area contributed by atoms with Gasteiger partial charge in [0, 0.05) is 5.38 Å². The highest BCUT2D eigenvalue weighted by Gasteiger charge is 2.16. The molecular formula is C6H8ClN3O3S. The van der Waals surface area contributed by atoms with Gasteiger partial charge in [0.15, 0.2) is 5.13 Å². The first kappa shape index (κ1) is 12.7. The quantitative estimate of drug-likeness (QED) is 0.592. The second-order valence-electron chi connectivity index (χ2n) is 2.00. The molecule has 78 valence electrons. The van der Waals surface area contributed by atoms with Crippen molar-refractivity contribution in [3.8, 4) is 0 Å². The third-order valence-electron chi connectivity index (χ3n) is 1.15. The minimum atomic E-state index is -1.20. The van der Waals surface area contributed by atoms with Gasteiger partial charge in [0.25, 0.3) is 0 Å². The molecule has 0 aliphatic heterocycles. The number of nitrogens with zero attached hydrogens (tertiary/aromatic N) is 2. The normalized spacial score (nSPS) is 10.5. The lowest BCUT2D eigenvalue weighted by molar-refractivity contribution is -0.129. The van der Waals surface area contributed by atoms with E-state index in [9.17, 15) is 4.79 Å². The molecule has 8 heteroatoms. The van der Waals surface area contributed by atoms with E-state index in [4.69, 9.17) is 10.8 Å². The topological polar surface area (TPSA) is 97.8 Å². The van der Waals surface area contributed by atoms with Crippen LogP contribution in [-0.2, 0) is 9.63 Å². The first-order valence-electron chi connectivity index (χ1n) is 3.21. The maximum atomic E-state index is 10.6. The van der Waals surface area contributed by atoms with Crippen LogP contribution in [0.1, 0.15) is 5.69 Å². The van der Waals surface area contributed by atoms with Crippen LogP contribution in [0, 0.1) is 0 Å². The van der Waals surface area contributed by atoms with E-state index in [1.165, 1.54) is 12.5 Å². The maximum absolute atomic E-state index is 10.6. The number of aromatic nitrogens is 1. The van der Waals surface area contributed by atoms with Crippen LogP contribution < -0.4 is 5.73 Å². The zero-order chi connectivity index (χ0) is 9.84. The van der Waals surface area contributed by atoms with Gasteiger partial charge < -0.3 is 15.7 Å². The van der Waals surface area contributed by atoms with Gasteiger partial charge in [-0.1, -0.05) is 5.16 Å². The zero-order valence-electron chi connectivity index (χ0n) is 7.13. The fourth-order valence-electron chi connectivity index (χ4n) is 0.683. The Morgan fingerprint density at radius 3 is 2.79 bits per heavy atom. The summed E-state index contributed by atoms with van der Waals surface area (Å²) >= 11 is 1.14. The Balaban J connectivity index is 0.00000169. The van der Waals surface area contributed by atoms with Crippen LogP contribution in [0.3, 0.4) is 0 Å². The smallest absolute Gasteiger partial charge is 0.360 e. The van der Waals surface area contributed by atoms with Crippen LogP contribution in [0.4, 0.5) is 5.13 Å². The van der Waals surface area contributed by atoms with Gasteiger partial charge in [-0.2, -0.15) is 0 Å². The molecule has 1 aromatic rings. The van der Waals surface area contributed by atoms with Crippen LogP contribution in [0.15, 0.2) is 10.5 Å². The van der Waals surface area contributed by atoms with Crippen LogP contribution in [0.25, 0.3) is 0 Å². The molecule has 0 atom stereocenters. The van der Waals surface area contributed by atoms with Crippen molar-refractivity contribution in [2.45, 2.75) is 0 Å². The summed E-state index contributed by atoms with van der Waals surface area (Å²) in [6.07, 6.45) is 0. The van der Waals surface area contributed by atoms with E-state index in [2.05, 4.69) is 15.0 Å². The van der Waals surface area contributed by atoms with Crippen molar-refractivity contribution in [3.05, 3.63) is 11.1 Å². The summed E-state index contributed by atoms with van der Waals surface area (Å²) in [5.74, 6) is -1.20. The van der Waals surface area contributed by atoms with Gasteiger partial charge in [0.2, 0.25) is 5.71 Å². The molecule has 0 radical (unpaired) electrons. The summed E-state index contributed by atoms with van der Waals surface area (Å²) < 4.78 is 0. The number of nitrogens with two attached hydrogens (primary N) is 1. The standard InChI is InChI=1S/C6H7N3O3S.ClH/c1-12-9-4(5(10)11)3-2-13-6(7)8-3;/h2H,1H3,(H2,7,8)(H,10,11);1H. The monoisotopic (exact) mass is 237 g/mol. The molecule has 0 aliphatic carbocycles. The van der Waals surface area contributed by atoms with Gasteiger partial charge >= 0.3 is 5.97 Å². The van der Waals surface area contributed by atoms with Crippen LogP contribution >= 0.6 is 23.7 Å². The van der Waals surface area contributed by atoms with E-state index >= 15 is 0 Å². The summed E-state index contributed by atoms with van der Waals surface area (Å²) in [6.45, 7) is 0. The number of hydrogen-bond acceptors (Lipinski definition) is 6. The number of hydrogen-bond donors (Lipinski definition) is 2. The number of oxime groups is 1. The minimum Gasteiger partial charge on any atom is -0.476 e. The molecule has 0 amide bonds. The average molecular weight is 238 g/mol. The Hall–Kier alpha value is -1.34. The Labute approximate surface area is 89.8 Å². The van der Waals surface area contributed by atoms with Crippen LogP contribution in [0.5, 0.6) is 0 Å². The van der Waals surface area contributed by atoms with E-state index in [0.29, 0.717) is 5.13 Å². The number of halogens is 1. The van der Waals surface area contributed by atoms with Gasteiger partial charge in [0.05, 0.1) is 0 Å². The Kier molecular flexibility index (Phi) is 4.89. The van der Waals surface area contributed by atoms with Gasteiger partial charge in [-0.25, -0.2) is 9.78 Å². The molecule has 1 heterocycles. The number of carbonyl (C=O) groups is 1. The Morgan fingerprint density at radius 1 is 1.79 bits per heavy atom. The number of thiazole rings is 1. The van der Waals surface area contributed by atoms with E-state index in [1.807, 2.05) is 0 Å². The molecular weight excluding hydrogens is 230 g/mol. The van der Waals surface area contributed by atoms with Crippen LogP contribution in [-0.4, -0.2) is 28.9 Å². The molecule has 0 saturated carbocycles. The fourth-order valence-corrected chi connectivity index (χ4v) is 1.23. The molecule has 0 saturated heterocycles. The first-order valence-corrected chi connectivity index (χ1v) is 4.09. The molecule has 0 aromatic carbocycles.